The van der Waals surface area contributed by atoms with Crippen molar-refractivity contribution in [3.05, 3.63) is 34.9 Å². The topological polar surface area (TPSA) is 77.0 Å². The largest absolute Gasteiger partial charge is 0.497 e. The molecule has 0 fully saturated rings. The van der Waals surface area contributed by atoms with Crippen LogP contribution in [0.4, 0.5) is 13.2 Å². The second-order valence-corrected chi connectivity index (χ2v) is 6.85. The molecule has 1 amide bonds. The third-order valence-electron chi connectivity index (χ3n) is 5.12. The quantitative estimate of drug-likeness (QED) is 0.775. The smallest absolute Gasteiger partial charge is 0.471 e. The third-order valence-corrected chi connectivity index (χ3v) is 5.12. The van der Waals surface area contributed by atoms with E-state index < -0.39 is 23.6 Å². The molecule has 0 bridgehead atoms. The van der Waals surface area contributed by atoms with Gasteiger partial charge in [-0.15, -0.1) is 0 Å². The van der Waals surface area contributed by atoms with Crippen LogP contribution >= 0.6 is 0 Å². The molecule has 1 aromatic rings. The number of rotatable bonds is 4. The van der Waals surface area contributed by atoms with E-state index in [0.29, 0.717) is 46.7 Å². The van der Waals surface area contributed by atoms with E-state index in [4.69, 9.17) is 9.47 Å². The number of halogens is 3. The van der Waals surface area contributed by atoms with Crippen LogP contribution in [-0.4, -0.2) is 49.6 Å². The zero-order chi connectivity index (χ0) is 21.4. The fraction of sp³-hybridized carbons (Fsp3) is 0.450. The Morgan fingerprint density at radius 2 is 2.03 bits per heavy atom. The zero-order valence-corrected chi connectivity index (χ0v) is 16.3. The number of nitrogens with one attached hydrogen (secondary N) is 1. The third kappa shape index (κ3) is 3.61. The van der Waals surface area contributed by atoms with E-state index >= 15 is 0 Å². The normalized spacial score (nSPS) is 23.4. The molecule has 9 heteroatoms. The highest BCUT2D eigenvalue weighted by molar-refractivity contribution is 6.14. The number of hydrogen-bond acceptors (Lipinski definition) is 5. The number of hydrogen-bond donors (Lipinski definition) is 1. The number of alkyl halides is 3. The van der Waals surface area contributed by atoms with Gasteiger partial charge in [0.05, 0.1) is 13.7 Å². The van der Waals surface area contributed by atoms with Crippen molar-refractivity contribution in [3.8, 4) is 5.75 Å². The summed E-state index contributed by atoms with van der Waals surface area (Å²) in [5.41, 5.74) is 0.746. The molecule has 1 unspecified atom stereocenters. The molecule has 29 heavy (non-hydrogen) atoms. The van der Waals surface area contributed by atoms with Gasteiger partial charge in [0.15, 0.2) is 5.54 Å². The zero-order valence-electron chi connectivity index (χ0n) is 16.3. The summed E-state index contributed by atoms with van der Waals surface area (Å²) in [6.07, 6.45) is -4.87. The van der Waals surface area contributed by atoms with Crippen molar-refractivity contribution in [2.75, 3.05) is 20.3 Å². The number of carbonyl (C=O) groups is 2. The van der Waals surface area contributed by atoms with Gasteiger partial charge >= 0.3 is 18.1 Å². The summed E-state index contributed by atoms with van der Waals surface area (Å²) in [6.45, 7) is 3.70. The fourth-order valence-electron chi connectivity index (χ4n) is 3.88. The Kier molecular flexibility index (Phi) is 5.42. The molecular formula is C20H21F3N2O4. The fourth-order valence-corrected chi connectivity index (χ4v) is 3.88. The van der Waals surface area contributed by atoms with E-state index in [0.717, 1.165) is 0 Å². The van der Waals surface area contributed by atoms with Gasteiger partial charge in [-0.1, -0.05) is 6.07 Å². The minimum Gasteiger partial charge on any atom is -0.497 e. The number of benzene rings is 1. The Morgan fingerprint density at radius 3 is 2.59 bits per heavy atom. The standard InChI is InChI=1S/C20H21F3N2O4/c1-4-29-18(27)19(25-17(26)20(21,22)23)10-12-9-13(28-3)5-6-15(12)16(19)14-7-8-24-11(14)2/h5-6,9H,4,7-8,10H2,1-3H3,(H,25,26)/b16-14-. The molecule has 1 aliphatic heterocycles. The minimum absolute atomic E-state index is 0.0438. The summed E-state index contributed by atoms with van der Waals surface area (Å²) in [5, 5.41) is 1.96. The van der Waals surface area contributed by atoms with Crippen LogP contribution in [0, 0.1) is 0 Å². The Hall–Kier alpha value is -2.84. The molecule has 0 radical (unpaired) electrons. The van der Waals surface area contributed by atoms with E-state index in [9.17, 15) is 22.8 Å². The van der Waals surface area contributed by atoms with Gasteiger partial charge in [-0.3, -0.25) is 9.79 Å². The van der Waals surface area contributed by atoms with Gasteiger partial charge in [-0.2, -0.15) is 13.2 Å². The minimum atomic E-state index is -5.15. The van der Waals surface area contributed by atoms with Crippen molar-refractivity contribution in [2.24, 2.45) is 4.99 Å². The number of methoxy groups -OCH3 is 1. The van der Waals surface area contributed by atoms with E-state index in [1.807, 2.05) is 5.32 Å². The van der Waals surface area contributed by atoms with Crippen molar-refractivity contribution in [1.82, 2.24) is 5.32 Å². The molecule has 1 aromatic carbocycles. The van der Waals surface area contributed by atoms with E-state index in [-0.39, 0.29) is 13.0 Å². The summed E-state index contributed by atoms with van der Waals surface area (Å²) in [5.74, 6) is -2.64. The van der Waals surface area contributed by atoms with Crippen molar-refractivity contribution in [1.29, 1.82) is 0 Å². The molecule has 1 atom stereocenters. The molecule has 156 valence electrons. The predicted molar refractivity (Wildman–Crippen MR) is 99.8 cm³/mol. The summed E-state index contributed by atoms with van der Waals surface area (Å²) in [6, 6.07) is 4.99. The second-order valence-electron chi connectivity index (χ2n) is 6.85. The lowest BCUT2D eigenvalue weighted by Gasteiger charge is -2.31. The predicted octanol–water partition coefficient (Wildman–Crippen LogP) is 2.85. The average Bonchev–Trinajstić information content (AvgIpc) is 3.21. The number of carbonyl (C=O) groups excluding carboxylic acids is 2. The summed E-state index contributed by atoms with van der Waals surface area (Å²) >= 11 is 0. The van der Waals surface area contributed by atoms with Crippen LogP contribution in [0.15, 0.2) is 28.8 Å². The van der Waals surface area contributed by atoms with Gasteiger partial charge in [0.2, 0.25) is 0 Å². The van der Waals surface area contributed by atoms with Crippen LogP contribution in [0.5, 0.6) is 5.75 Å². The van der Waals surface area contributed by atoms with Crippen molar-refractivity contribution in [2.45, 2.75) is 38.4 Å². The van der Waals surface area contributed by atoms with Gasteiger partial charge in [0.25, 0.3) is 0 Å². The Bertz CT molecular complexity index is 921. The number of esters is 1. The molecule has 6 nitrogen and oxygen atoms in total. The highest BCUT2D eigenvalue weighted by Gasteiger charge is 2.55. The molecular weight excluding hydrogens is 389 g/mol. The number of nitrogens with zero attached hydrogens (tertiary/aromatic N) is 1. The lowest BCUT2D eigenvalue weighted by atomic mass is 9.84. The van der Waals surface area contributed by atoms with E-state index in [1.165, 1.54) is 7.11 Å². The molecule has 0 saturated heterocycles. The van der Waals surface area contributed by atoms with Crippen LogP contribution in [-0.2, 0) is 20.7 Å². The molecule has 1 N–H and O–H groups in total. The lowest BCUT2D eigenvalue weighted by Crippen LogP contribution is -2.58. The van der Waals surface area contributed by atoms with Crippen molar-refractivity contribution < 1.29 is 32.2 Å². The maximum absolute atomic E-state index is 13.1. The van der Waals surface area contributed by atoms with E-state index in [2.05, 4.69) is 4.99 Å². The van der Waals surface area contributed by atoms with Crippen LogP contribution in [0.3, 0.4) is 0 Å². The number of ether oxygens (including phenoxy) is 2. The van der Waals surface area contributed by atoms with Gasteiger partial charge in [0.1, 0.15) is 5.75 Å². The monoisotopic (exact) mass is 410 g/mol. The molecule has 0 aromatic heterocycles. The van der Waals surface area contributed by atoms with Crippen LogP contribution < -0.4 is 10.1 Å². The highest BCUT2D eigenvalue weighted by Crippen LogP contribution is 2.46. The van der Waals surface area contributed by atoms with Crippen LogP contribution in [0.25, 0.3) is 5.57 Å². The van der Waals surface area contributed by atoms with Gasteiger partial charge in [-0.25, -0.2) is 4.79 Å². The van der Waals surface area contributed by atoms with Crippen molar-refractivity contribution >= 4 is 23.2 Å². The average molecular weight is 410 g/mol. The van der Waals surface area contributed by atoms with Gasteiger partial charge in [-0.05, 0) is 49.1 Å². The molecule has 2 aliphatic rings. The maximum atomic E-state index is 13.1. The molecule has 1 aliphatic carbocycles. The Labute approximate surface area is 165 Å². The number of fused-ring (bicyclic) bond motifs is 1. The summed E-state index contributed by atoms with van der Waals surface area (Å²) in [4.78, 5) is 29.3. The molecule has 3 rings (SSSR count). The first-order valence-electron chi connectivity index (χ1n) is 9.13. The molecule has 1 heterocycles. The number of aliphatic imine (C=N–C) groups is 1. The highest BCUT2D eigenvalue weighted by atomic mass is 19.4. The molecule has 0 spiro atoms. The van der Waals surface area contributed by atoms with Crippen LogP contribution in [0.2, 0.25) is 0 Å². The lowest BCUT2D eigenvalue weighted by molar-refractivity contribution is -0.177. The summed E-state index contributed by atoms with van der Waals surface area (Å²) < 4.78 is 49.7. The maximum Gasteiger partial charge on any atom is 0.471 e. The SMILES string of the molecule is CCOC(=O)C1(NC(=O)C(F)(F)F)Cc2cc(OC)ccc2/C1=C1\CCN=C1C. The first-order valence-corrected chi connectivity index (χ1v) is 9.13. The first-order chi connectivity index (χ1) is 13.6. The van der Waals surface area contributed by atoms with Gasteiger partial charge < -0.3 is 14.8 Å². The number of amides is 1. The van der Waals surface area contributed by atoms with Gasteiger partial charge in [0, 0.05) is 24.3 Å². The summed E-state index contributed by atoms with van der Waals surface area (Å²) in [7, 11) is 1.47. The van der Waals surface area contributed by atoms with Crippen molar-refractivity contribution in [3.63, 3.8) is 0 Å². The Morgan fingerprint density at radius 1 is 1.31 bits per heavy atom. The van der Waals surface area contributed by atoms with Crippen LogP contribution in [0.1, 0.15) is 31.4 Å². The second kappa shape index (κ2) is 7.53. The first kappa shape index (κ1) is 20.9. The Balaban J connectivity index is 2.26. The molecule has 0 saturated carbocycles. The van der Waals surface area contributed by atoms with E-state index in [1.54, 1.807) is 32.0 Å².